The minimum absolute atomic E-state index is 0.129. The van der Waals surface area contributed by atoms with E-state index in [-0.39, 0.29) is 16.4 Å². The highest BCUT2D eigenvalue weighted by Gasteiger charge is 2.23. The van der Waals surface area contributed by atoms with E-state index in [1.54, 1.807) is 26.1 Å². The second-order valence-corrected chi connectivity index (χ2v) is 7.26. The quantitative estimate of drug-likeness (QED) is 0.634. The van der Waals surface area contributed by atoms with Gasteiger partial charge in [-0.25, -0.2) is 13.4 Å². The van der Waals surface area contributed by atoms with Crippen molar-refractivity contribution < 1.29 is 8.42 Å². The number of fused-ring (bicyclic) bond motifs is 1. The third-order valence-electron chi connectivity index (χ3n) is 3.96. The van der Waals surface area contributed by atoms with Crippen LogP contribution < -0.4 is 16.2 Å². The van der Waals surface area contributed by atoms with Gasteiger partial charge in [0.25, 0.3) is 10.0 Å². The molecule has 6 nitrogen and oxygen atoms in total. The van der Waals surface area contributed by atoms with Gasteiger partial charge in [-0.3, -0.25) is 4.72 Å². The molecule has 0 radical (unpaired) electrons. The van der Waals surface area contributed by atoms with Crippen molar-refractivity contribution in [3.05, 3.63) is 53.7 Å². The molecule has 0 saturated carbocycles. The smallest absolute Gasteiger partial charge is 0.263 e. The molecular weight excluding hydrogens is 324 g/mol. The first kappa shape index (κ1) is 16.1. The summed E-state index contributed by atoms with van der Waals surface area (Å²) in [6, 6.07) is 10.8. The number of aromatic nitrogens is 1. The van der Waals surface area contributed by atoms with Gasteiger partial charge in [-0.1, -0.05) is 24.3 Å². The summed E-state index contributed by atoms with van der Waals surface area (Å²) >= 11 is 0. The molecule has 1 heterocycles. The van der Waals surface area contributed by atoms with Crippen LogP contribution in [0.3, 0.4) is 0 Å². The molecule has 124 valence electrons. The lowest BCUT2D eigenvalue weighted by Gasteiger charge is -2.16. The van der Waals surface area contributed by atoms with Crippen molar-refractivity contribution in [2.75, 3.05) is 16.2 Å². The number of pyridine rings is 1. The summed E-state index contributed by atoms with van der Waals surface area (Å²) in [4.78, 5) is 4.30. The van der Waals surface area contributed by atoms with E-state index >= 15 is 0 Å². The molecule has 0 saturated heterocycles. The van der Waals surface area contributed by atoms with Crippen LogP contribution in [0.5, 0.6) is 0 Å². The fourth-order valence-corrected chi connectivity index (χ4v) is 4.32. The summed E-state index contributed by atoms with van der Waals surface area (Å²) in [6.07, 6.45) is 1.57. The highest BCUT2D eigenvalue weighted by Crippen LogP contribution is 2.32. The predicted molar refractivity (Wildman–Crippen MR) is 97.3 cm³/mol. The molecule has 3 aromatic rings. The van der Waals surface area contributed by atoms with E-state index < -0.39 is 10.0 Å². The number of nitrogen functional groups attached to an aromatic ring is 2. The first-order chi connectivity index (χ1) is 11.3. The fourth-order valence-electron chi connectivity index (χ4n) is 2.80. The van der Waals surface area contributed by atoms with Crippen LogP contribution >= 0.6 is 0 Å². The molecule has 0 unspecified atom stereocenters. The Morgan fingerprint density at radius 1 is 1.08 bits per heavy atom. The molecule has 0 bridgehead atoms. The van der Waals surface area contributed by atoms with Crippen molar-refractivity contribution in [1.29, 1.82) is 0 Å². The van der Waals surface area contributed by atoms with Crippen molar-refractivity contribution in [1.82, 2.24) is 4.98 Å². The number of anilines is 3. The zero-order valence-corrected chi connectivity index (χ0v) is 14.2. The van der Waals surface area contributed by atoms with E-state index in [1.165, 1.54) is 0 Å². The Balaban J connectivity index is 2.15. The first-order valence-electron chi connectivity index (χ1n) is 7.33. The van der Waals surface area contributed by atoms with E-state index in [1.807, 2.05) is 30.3 Å². The normalized spacial score (nSPS) is 11.6. The second kappa shape index (κ2) is 5.68. The van der Waals surface area contributed by atoms with E-state index in [0.717, 1.165) is 10.8 Å². The van der Waals surface area contributed by atoms with Gasteiger partial charge in [-0.15, -0.1) is 0 Å². The van der Waals surface area contributed by atoms with Crippen molar-refractivity contribution in [2.24, 2.45) is 0 Å². The van der Waals surface area contributed by atoms with Gasteiger partial charge in [0.1, 0.15) is 5.82 Å². The van der Waals surface area contributed by atoms with Gasteiger partial charge in [0.05, 0.1) is 16.3 Å². The summed E-state index contributed by atoms with van der Waals surface area (Å²) in [5.41, 5.74) is 13.3. The number of nitrogens with two attached hydrogens (primary N) is 2. The molecule has 3 rings (SSSR count). The molecule has 0 fully saturated rings. The Hall–Kier alpha value is -2.80. The minimum Gasteiger partial charge on any atom is -0.397 e. The molecule has 2 aromatic carbocycles. The Labute approximate surface area is 140 Å². The van der Waals surface area contributed by atoms with E-state index in [0.29, 0.717) is 16.8 Å². The highest BCUT2D eigenvalue weighted by atomic mass is 32.2. The Kier molecular flexibility index (Phi) is 3.81. The van der Waals surface area contributed by atoms with Crippen molar-refractivity contribution in [2.45, 2.75) is 18.7 Å². The predicted octanol–water partition coefficient (Wildman–Crippen LogP) is 2.82. The monoisotopic (exact) mass is 342 g/mol. The van der Waals surface area contributed by atoms with Gasteiger partial charge in [0.15, 0.2) is 0 Å². The van der Waals surface area contributed by atoms with Crippen LogP contribution in [0, 0.1) is 13.8 Å². The van der Waals surface area contributed by atoms with Gasteiger partial charge in [-0.2, -0.15) is 0 Å². The number of sulfonamides is 1. The van der Waals surface area contributed by atoms with Crippen LogP contribution in [-0.2, 0) is 10.0 Å². The molecule has 0 aliphatic carbocycles. The average Bonchev–Trinajstić information content (AvgIpc) is 2.52. The maximum atomic E-state index is 12.9. The lowest BCUT2D eigenvalue weighted by molar-refractivity contribution is 0.600. The standard InChI is InChI=1S/C17H18N4O2S/c1-10-9-14(18)15(19)11(2)16(10)24(22,23)21-17-13-6-4-3-5-12(13)7-8-20-17/h3-9H,18-19H2,1-2H3,(H,20,21). The van der Waals surface area contributed by atoms with Crippen LogP contribution in [-0.4, -0.2) is 13.4 Å². The molecule has 24 heavy (non-hydrogen) atoms. The van der Waals surface area contributed by atoms with Crippen LogP contribution in [0.25, 0.3) is 10.8 Å². The van der Waals surface area contributed by atoms with Gasteiger partial charge in [0, 0.05) is 11.6 Å². The fraction of sp³-hybridized carbons (Fsp3) is 0.118. The third-order valence-corrected chi connectivity index (χ3v) is 5.59. The Bertz CT molecular complexity index is 1040. The molecule has 5 N–H and O–H groups in total. The second-order valence-electron chi connectivity index (χ2n) is 5.64. The topological polar surface area (TPSA) is 111 Å². The van der Waals surface area contributed by atoms with Crippen molar-refractivity contribution in [3.63, 3.8) is 0 Å². The number of rotatable bonds is 3. The molecular formula is C17H18N4O2S. The maximum absolute atomic E-state index is 12.9. The number of hydrogen-bond acceptors (Lipinski definition) is 5. The Morgan fingerprint density at radius 2 is 1.79 bits per heavy atom. The molecule has 1 aromatic heterocycles. The van der Waals surface area contributed by atoms with E-state index in [4.69, 9.17) is 11.5 Å². The number of aryl methyl sites for hydroxylation is 1. The third kappa shape index (κ3) is 2.63. The minimum atomic E-state index is -3.85. The lowest BCUT2D eigenvalue weighted by atomic mass is 10.1. The van der Waals surface area contributed by atoms with Crippen LogP contribution in [0.4, 0.5) is 17.2 Å². The molecule has 0 atom stereocenters. The summed E-state index contributed by atoms with van der Waals surface area (Å²) in [7, 11) is -3.85. The van der Waals surface area contributed by atoms with Gasteiger partial charge >= 0.3 is 0 Å². The molecule has 0 aliphatic heterocycles. The van der Waals surface area contributed by atoms with Crippen LogP contribution in [0.1, 0.15) is 11.1 Å². The van der Waals surface area contributed by atoms with Crippen LogP contribution in [0.2, 0.25) is 0 Å². The summed E-state index contributed by atoms with van der Waals surface area (Å²) < 4.78 is 28.4. The highest BCUT2D eigenvalue weighted by molar-refractivity contribution is 7.92. The summed E-state index contributed by atoms with van der Waals surface area (Å²) in [5.74, 6) is 0.280. The van der Waals surface area contributed by atoms with Crippen molar-refractivity contribution in [3.8, 4) is 0 Å². The summed E-state index contributed by atoms with van der Waals surface area (Å²) in [6.45, 7) is 3.33. The first-order valence-corrected chi connectivity index (χ1v) is 8.81. The SMILES string of the molecule is Cc1cc(N)c(N)c(C)c1S(=O)(=O)Nc1nccc2ccccc12. The molecule has 0 aliphatic rings. The number of hydrogen-bond donors (Lipinski definition) is 3. The van der Waals surface area contributed by atoms with Crippen LogP contribution in [0.15, 0.2) is 47.5 Å². The zero-order chi connectivity index (χ0) is 17.5. The molecule has 0 amide bonds. The number of nitrogens with zero attached hydrogens (tertiary/aromatic N) is 1. The molecule has 7 heteroatoms. The van der Waals surface area contributed by atoms with E-state index in [2.05, 4.69) is 9.71 Å². The van der Waals surface area contributed by atoms with Crippen molar-refractivity contribution >= 4 is 38.0 Å². The average molecular weight is 342 g/mol. The number of benzene rings is 2. The van der Waals surface area contributed by atoms with Gasteiger partial charge in [0.2, 0.25) is 0 Å². The maximum Gasteiger partial charge on any atom is 0.263 e. The lowest BCUT2D eigenvalue weighted by Crippen LogP contribution is -2.18. The van der Waals surface area contributed by atoms with Gasteiger partial charge in [-0.05, 0) is 42.5 Å². The number of nitrogens with one attached hydrogen (secondary N) is 1. The zero-order valence-electron chi connectivity index (χ0n) is 13.4. The molecule has 0 spiro atoms. The van der Waals surface area contributed by atoms with E-state index in [9.17, 15) is 8.42 Å². The largest absolute Gasteiger partial charge is 0.397 e. The Morgan fingerprint density at radius 3 is 2.54 bits per heavy atom. The summed E-state index contributed by atoms with van der Waals surface area (Å²) in [5, 5.41) is 1.62. The van der Waals surface area contributed by atoms with Gasteiger partial charge < -0.3 is 11.5 Å².